The second-order valence-electron chi connectivity index (χ2n) is 12.0. The van der Waals surface area contributed by atoms with Crippen LogP contribution in [0.25, 0.3) is 11.3 Å². The molecule has 1 N–H and O–H groups in total. The standard InChI is InChI=1S/C28H43ClN8OSi/c1-20(2)26-25(27(29)37(34-26)19-38-16-17-39(5,6)7)23-10-13-30-28(32-23)33-24-9-8-22(18-31-24)36-14-11-21(12-15-36)35(3)4/h8-10,13,18,20-21H,11-12,14-17,19H2,1-7H3,(H,30,31,32,33). The Balaban J connectivity index is 1.45. The molecule has 4 rings (SSSR count). The summed E-state index contributed by atoms with van der Waals surface area (Å²) in [7, 11) is 3.16. The van der Waals surface area contributed by atoms with E-state index in [4.69, 9.17) is 26.4 Å². The van der Waals surface area contributed by atoms with Gasteiger partial charge in [0.15, 0.2) is 0 Å². The van der Waals surface area contributed by atoms with Gasteiger partial charge in [-0.1, -0.05) is 45.1 Å². The summed E-state index contributed by atoms with van der Waals surface area (Å²) in [5.74, 6) is 1.33. The van der Waals surface area contributed by atoms with Crippen molar-refractivity contribution in [3.05, 3.63) is 41.4 Å². The molecule has 0 unspecified atom stereocenters. The minimum Gasteiger partial charge on any atom is -0.370 e. The van der Waals surface area contributed by atoms with Crippen LogP contribution in [0.5, 0.6) is 0 Å². The number of pyridine rings is 1. The van der Waals surface area contributed by atoms with Crippen LogP contribution in [0, 0.1) is 0 Å². The van der Waals surface area contributed by atoms with Gasteiger partial charge in [-0.3, -0.25) is 0 Å². The second-order valence-corrected chi connectivity index (χ2v) is 18.0. The zero-order valence-electron chi connectivity index (χ0n) is 24.4. The summed E-state index contributed by atoms with van der Waals surface area (Å²) in [5.41, 5.74) is 3.56. The maximum absolute atomic E-state index is 6.84. The van der Waals surface area contributed by atoms with Crippen LogP contribution in [-0.4, -0.2) is 77.5 Å². The third kappa shape index (κ3) is 7.78. The Morgan fingerprint density at radius 1 is 1.13 bits per heavy atom. The fraction of sp³-hybridized carbons (Fsp3) is 0.571. The summed E-state index contributed by atoms with van der Waals surface area (Å²) in [4.78, 5) is 18.5. The number of nitrogens with one attached hydrogen (secondary N) is 1. The van der Waals surface area contributed by atoms with Crippen LogP contribution in [0.3, 0.4) is 0 Å². The number of halogens is 1. The Morgan fingerprint density at radius 3 is 2.49 bits per heavy atom. The zero-order valence-corrected chi connectivity index (χ0v) is 26.2. The van der Waals surface area contributed by atoms with E-state index in [1.807, 2.05) is 18.3 Å². The first-order chi connectivity index (χ1) is 18.5. The molecule has 39 heavy (non-hydrogen) atoms. The predicted molar refractivity (Wildman–Crippen MR) is 163 cm³/mol. The molecule has 9 nitrogen and oxygen atoms in total. The van der Waals surface area contributed by atoms with E-state index in [2.05, 4.69) is 78.7 Å². The van der Waals surface area contributed by atoms with Gasteiger partial charge in [0.1, 0.15) is 17.7 Å². The molecule has 4 heterocycles. The van der Waals surface area contributed by atoms with Crippen LogP contribution in [0.4, 0.5) is 17.5 Å². The van der Waals surface area contributed by atoms with Gasteiger partial charge in [0, 0.05) is 40.0 Å². The van der Waals surface area contributed by atoms with Crippen LogP contribution in [0.1, 0.15) is 38.3 Å². The van der Waals surface area contributed by atoms with E-state index in [0.29, 0.717) is 36.3 Å². The van der Waals surface area contributed by atoms with Gasteiger partial charge in [-0.15, -0.1) is 0 Å². The molecule has 3 aromatic rings. The van der Waals surface area contributed by atoms with Crippen LogP contribution in [0.2, 0.25) is 30.8 Å². The highest BCUT2D eigenvalue weighted by molar-refractivity contribution is 6.76. The molecule has 11 heteroatoms. The SMILES string of the molecule is CC(C)c1nn(COCC[Si](C)(C)C)c(Cl)c1-c1ccnc(Nc2ccc(N3CCC(N(C)C)CC3)cn2)n1. The minimum absolute atomic E-state index is 0.170. The second kappa shape index (κ2) is 12.8. The molecular weight excluding hydrogens is 528 g/mol. The average molecular weight is 571 g/mol. The number of rotatable bonds is 11. The van der Waals surface area contributed by atoms with E-state index in [1.165, 1.54) is 0 Å². The lowest BCUT2D eigenvalue weighted by Gasteiger charge is -2.36. The first-order valence-corrected chi connectivity index (χ1v) is 17.9. The molecule has 3 aromatic heterocycles. The third-order valence-corrected chi connectivity index (χ3v) is 9.22. The van der Waals surface area contributed by atoms with Crippen molar-refractivity contribution in [2.45, 2.75) is 71.1 Å². The Morgan fingerprint density at radius 2 is 1.87 bits per heavy atom. The van der Waals surface area contributed by atoms with Gasteiger partial charge in [-0.2, -0.15) is 5.10 Å². The number of aromatic nitrogens is 5. The highest BCUT2D eigenvalue weighted by atomic mass is 35.5. The molecule has 1 aliphatic rings. The van der Waals surface area contributed by atoms with Crippen molar-refractivity contribution in [2.75, 3.05) is 44.0 Å². The number of hydrogen-bond acceptors (Lipinski definition) is 8. The van der Waals surface area contributed by atoms with Crippen molar-refractivity contribution >= 4 is 37.1 Å². The fourth-order valence-electron chi connectivity index (χ4n) is 4.67. The lowest BCUT2D eigenvalue weighted by molar-refractivity contribution is 0.0784. The lowest BCUT2D eigenvalue weighted by Crippen LogP contribution is -2.42. The smallest absolute Gasteiger partial charge is 0.228 e. The number of hydrogen-bond donors (Lipinski definition) is 1. The molecular formula is C28H43ClN8OSi. The van der Waals surface area contributed by atoms with Gasteiger partial charge in [-0.25, -0.2) is 19.6 Å². The monoisotopic (exact) mass is 570 g/mol. The van der Waals surface area contributed by atoms with Crippen molar-refractivity contribution in [1.29, 1.82) is 0 Å². The Hall–Kier alpha value is -2.53. The normalized spacial score (nSPS) is 15.0. The van der Waals surface area contributed by atoms with Gasteiger partial charge < -0.3 is 19.9 Å². The maximum atomic E-state index is 6.84. The van der Waals surface area contributed by atoms with Crippen molar-refractivity contribution in [2.24, 2.45) is 0 Å². The predicted octanol–water partition coefficient (Wildman–Crippen LogP) is 6.10. The minimum atomic E-state index is -1.16. The Kier molecular flexibility index (Phi) is 9.63. The van der Waals surface area contributed by atoms with Gasteiger partial charge in [-0.05, 0) is 57.1 Å². The van der Waals surface area contributed by atoms with Crippen molar-refractivity contribution in [3.8, 4) is 11.3 Å². The van der Waals surface area contributed by atoms with E-state index in [-0.39, 0.29) is 5.92 Å². The van der Waals surface area contributed by atoms with Crippen LogP contribution in [-0.2, 0) is 11.5 Å². The molecule has 0 aromatic carbocycles. The fourth-order valence-corrected chi connectivity index (χ4v) is 5.71. The summed E-state index contributed by atoms with van der Waals surface area (Å²) in [5, 5.41) is 8.54. The van der Waals surface area contributed by atoms with E-state index in [1.54, 1.807) is 10.9 Å². The van der Waals surface area contributed by atoms with E-state index >= 15 is 0 Å². The quantitative estimate of drug-likeness (QED) is 0.219. The third-order valence-electron chi connectivity index (χ3n) is 7.13. The largest absolute Gasteiger partial charge is 0.370 e. The summed E-state index contributed by atoms with van der Waals surface area (Å²) in [6, 6.07) is 7.70. The number of anilines is 3. The summed E-state index contributed by atoms with van der Waals surface area (Å²) in [6.45, 7) is 14.3. The van der Waals surface area contributed by atoms with Crippen LogP contribution in [0.15, 0.2) is 30.6 Å². The van der Waals surface area contributed by atoms with Crippen molar-refractivity contribution in [3.63, 3.8) is 0 Å². The van der Waals surface area contributed by atoms with Gasteiger partial charge in [0.2, 0.25) is 5.95 Å². The first kappa shape index (κ1) is 29.4. The molecule has 212 valence electrons. The molecule has 0 saturated carbocycles. The molecule has 1 aliphatic heterocycles. The molecule has 0 radical (unpaired) electrons. The topological polar surface area (TPSA) is 84.2 Å². The van der Waals surface area contributed by atoms with E-state index < -0.39 is 8.07 Å². The van der Waals surface area contributed by atoms with Gasteiger partial charge in [0.05, 0.1) is 28.8 Å². The number of ether oxygens (including phenoxy) is 1. The van der Waals surface area contributed by atoms with Crippen LogP contribution >= 0.6 is 11.6 Å². The first-order valence-electron chi connectivity index (χ1n) is 13.8. The van der Waals surface area contributed by atoms with Gasteiger partial charge >= 0.3 is 0 Å². The highest BCUT2D eigenvalue weighted by Gasteiger charge is 2.23. The molecule has 0 amide bonds. The molecule has 0 bridgehead atoms. The molecule has 1 saturated heterocycles. The Labute approximate surface area is 239 Å². The average Bonchev–Trinajstić information content (AvgIpc) is 3.23. The Bertz CT molecular complexity index is 1220. The molecule has 0 aliphatic carbocycles. The van der Waals surface area contributed by atoms with Gasteiger partial charge in [0.25, 0.3) is 0 Å². The lowest BCUT2D eigenvalue weighted by atomic mass is 10.0. The molecule has 0 spiro atoms. The summed E-state index contributed by atoms with van der Waals surface area (Å²) in [6.07, 6.45) is 5.98. The maximum Gasteiger partial charge on any atom is 0.228 e. The zero-order chi connectivity index (χ0) is 28.2. The van der Waals surface area contributed by atoms with E-state index in [0.717, 1.165) is 54.6 Å². The molecule has 0 atom stereocenters. The number of nitrogens with zero attached hydrogens (tertiary/aromatic N) is 7. The number of piperidine rings is 1. The summed E-state index contributed by atoms with van der Waals surface area (Å²) < 4.78 is 7.65. The highest BCUT2D eigenvalue weighted by Crippen LogP contribution is 2.35. The van der Waals surface area contributed by atoms with E-state index in [9.17, 15) is 0 Å². The van der Waals surface area contributed by atoms with Crippen molar-refractivity contribution in [1.82, 2.24) is 29.6 Å². The van der Waals surface area contributed by atoms with Crippen molar-refractivity contribution < 1.29 is 4.74 Å². The summed E-state index contributed by atoms with van der Waals surface area (Å²) >= 11 is 6.84. The molecule has 1 fully saturated rings. The van der Waals surface area contributed by atoms with Crippen LogP contribution < -0.4 is 10.2 Å².